The van der Waals surface area contributed by atoms with Crippen LogP contribution in [0.2, 0.25) is 0 Å². The van der Waals surface area contributed by atoms with Gasteiger partial charge in [-0.05, 0) is 63.1 Å². The van der Waals surface area contributed by atoms with Crippen LogP contribution < -0.4 is 0 Å². The highest BCUT2D eigenvalue weighted by Gasteiger charge is 2.51. The Bertz CT molecular complexity index is 754. The summed E-state index contributed by atoms with van der Waals surface area (Å²) in [4.78, 5) is 11.7. The summed E-state index contributed by atoms with van der Waals surface area (Å²) in [5, 5.41) is 15.5. The molecule has 6 nitrogen and oxygen atoms in total. The lowest BCUT2D eigenvalue weighted by molar-refractivity contribution is -0.244. The number of hydroxylamine groups is 4. The molecular weight excluding hydrogens is 368 g/mol. The zero-order valence-corrected chi connectivity index (χ0v) is 18.2. The van der Waals surface area contributed by atoms with Gasteiger partial charge in [0, 0.05) is 25.3 Å². The highest BCUT2D eigenvalue weighted by atomic mass is 16.7. The van der Waals surface area contributed by atoms with Crippen LogP contribution in [0.3, 0.4) is 0 Å². The van der Waals surface area contributed by atoms with Crippen molar-refractivity contribution in [2.45, 2.75) is 58.1 Å². The van der Waals surface area contributed by atoms with Gasteiger partial charge in [-0.2, -0.15) is 10.1 Å². The fraction of sp³-hybridized carbons (Fsp3) is 0.652. The van der Waals surface area contributed by atoms with Crippen LogP contribution >= 0.6 is 0 Å². The maximum absolute atomic E-state index is 11.5. The Morgan fingerprint density at radius 1 is 1.17 bits per heavy atom. The number of aliphatic hydroxyl groups excluding tert-OH is 1. The number of piperidine rings is 1. The Morgan fingerprint density at radius 2 is 1.86 bits per heavy atom. The van der Waals surface area contributed by atoms with E-state index in [9.17, 15) is 5.11 Å². The summed E-state index contributed by atoms with van der Waals surface area (Å²) in [6.45, 7) is 9.86. The summed E-state index contributed by atoms with van der Waals surface area (Å²) < 4.78 is 5.76. The van der Waals surface area contributed by atoms with E-state index in [0.29, 0.717) is 18.9 Å². The monoisotopic (exact) mass is 402 g/mol. The number of benzene rings is 1. The average molecular weight is 403 g/mol. The largest absolute Gasteiger partial charge is 0.510 e. The first-order valence-corrected chi connectivity index (χ1v) is 10.8. The van der Waals surface area contributed by atoms with Crippen molar-refractivity contribution in [2.24, 2.45) is 0 Å². The predicted molar refractivity (Wildman–Crippen MR) is 112 cm³/mol. The molecule has 3 heterocycles. The first-order chi connectivity index (χ1) is 13.9. The zero-order chi connectivity index (χ0) is 20.6. The standard InChI is InChI=1S/C23H34N2O4/c1-16-12-17(2)21(18(3)13-16)20-14-25(29-15-19-6-5-11-28-19)23(22(20)26)7-9-24(27-4)10-8-23/h12-13,19,26H,5-11,14-15H2,1-4H3. The third kappa shape index (κ3) is 3.84. The smallest absolute Gasteiger partial charge is 0.120 e. The molecule has 1 unspecified atom stereocenters. The van der Waals surface area contributed by atoms with Crippen molar-refractivity contribution in [1.29, 1.82) is 0 Å². The van der Waals surface area contributed by atoms with Crippen LogP contribution in [0, 0.1) is 20.8 Å². The van der Waals surface area contributed by atoms with Gasteiger partial charge < -0.3 is 14.7 Å². The molecule has 0 amide bonds. The van der Waals surface area contributed by atoms with E-state index in [1.165, 1.54) is 16.7 Å². The van der Waals surface area contributed by atoms with Gasteiger partial charge in [0.05, 0.1) is 26.4 Å². The first-order valence-electron chi connectivity index (χ1n) is 10.8. The van der Waals surface area contributed by atoms with E-state index in [1.54, 1.807) is 7.11 Å². The number of aliphatic hydroxyl groups is 1. The lowest BCUT2D eigenvalue weighted by Crippen LogP contribution is -2.54. The highest BCUT2D eigenvalue weighted by Crippen LogP contribution is 2.45. The molecule has 2 saturated heterocycles. The predicted octanol–water partition coefficient (Wildman–Crippen LogP) is 3.70. The van der Waals surface area contributed by atoms with Crippen molar-refractivity contribution < 1.29 is 19.5 Å². The number of ether oxygens (including phenoxy) is 1. The van der Waals surface area contributed by atoms with Crippen molar-refractivity contribution in [3.63, 3.8) is 0 Å². The Kier molecular flexibility index (Phi) is 6.00. The summed E-state index contributed by atoms with van der Waals surface area (Å²) in [6, 6.07) is 4.39. The fourth-order valence-electron chi connectivity index (χ4n) is 5.27. The van der Waals surface area contributed by atoms with E-state index in [2.05, 4.69) is 32.9 Å². The number of aryl methyl sites for hydroxylation is 3. The normalized spacial score (nSPS) is 25.4. The number of nitrogens with zero attached hydrogens (tertiary/aromatic N) is 2. The third-order valence-corrected chi connectivity index (χ3v) is 6.73. The summed E-state index contributed by atoms with van der Waals surface area (Å²) in [7, 11) is 1.71. The van der Waals surface area contributed by atoms with Crippen molar-refractivity contribution in [2.75, 3.05) is 40.0 Å². The van der Waals surface area contributed by atoms with Crippen LogP contribution in [0.5, 0.6) is 0 Å². The van der Waals surface area contributed by atoms with E-state index in [-0.39, 0.29) is 6.10 Å². The third-order valence-electron chi connectivity index (χ3n) is 6.73. The van der Waals surface area contributed by atoms with Crippen LogP contribution in [-0.2, 0) is 14.4 Å². The molecule has 1 spiro atoms. The van der Waals surface area contributed by atoms with Gasteiger partial charge in [0.25, 0.3) is 0 Å². The molecule has 160 valence electrons. The minimum atomic E-state index is -0.493. The minimum Gasteiger partial charge on any atom is -0.510 e. The Hall–Kier alpha value is -1.44. The van der Waals surface area contributed by atoms with Gasteiger partial charge in [0.15, 0.2) is 0 Å². The summed E-state index contributed by atoms with van der Waals surface area (Å²) in [5.74, 6) is 0.468. The molecule has 1 N–H and O–H groups in total. The molecule has 0 aromatic heterocycles. The lowest BCUT2D eigenvalue weighted by atomic mass is 9.85. The van der Waals surface area contributed by atoms with E-state index in [4.69, 9.17) is 14.4 Å². The van der Waals surface area contributed by atoms with Gasteiger partial charge >= 0.3 is 0 Å². The SMILES string of the molecule is CON1CCC2(CC1)C(O)=C(c1c(C)cc(C)cc1C)CN2OCC1CCCO1. The molecule has 0 saturated carbocycles. The highest BCUT2D eigenvalue weighted by molar-refractivity contribution is 5.77. The number of hydrogen-bond donors (Lipinski definition) is 1. The maximum Gasteiger partial charge on any atom is 0.120 e. The molecular formula is C23H34N2O4. The van der Waals surface area contributed by atoms with Gasteiger partial charge in [0.1, 0.15) is 11.3 Å². The molecule has 1 aromatic carbocycles. The van der Waals surface area contributed by atoms with Crippen LogP contribution in [0.1, 0.15) is 47.9 Å². The van der Waals surface area contributed by atoms with Gasteiger partial charge in [0.2, 0.25) is 0 Å². The van der Waals surface area contributed by atoms with Gasteiger partial charge in [-0.15, -0.1) is 0 Å². The van der Waals surface area contributed by atoms with Crippen LogP contribution in [0.4, 0.5) is 0 Å². The number of hydrogen-bond acceptors (Lipinski definition) is 6. The molecule has 1 aromatic rings. The summed E-state index contributed by atoms with van der Waals surface area (Å²) in [5.41, 5.74) is 5.32. The summed E-state index contributed by atoms with van der Waals surface area (Å²) >= 11 is 0. The second kappa shape index (κ2) is 8.36. The zero-order valence-electron chi connectivity index (χ0n) is 18.2. The van der Waals surface area contributed by atoms with Crippen LogP contribution in [0.15, 0.2) is 17.9 Å². The second-order valence-corrected chi connectivity index (χ2v) is 8.71. The molecule has 1 atom stereocenters. The Balaban J connectivity index is 1.65. The van der Waals surface area contributed by atoms with Crippen molar-refractivity contribution in [3.05, 3.63) is 40.1 Å². The van der Waals surface area contributed by atoms with E-state index < -0.39 is 5.54 Å². The second-order valence-electron chi connectivity index (χ2n) is 8.71. The molecule has 2 fully saturated rings. The van der Waals surface area contributed by atoms with E-state index in [0.717, 1.165) is 56.5 Å². The molecule has 6 heteroatoms. The molecule has 0 radical (unpaired) electrons. The minimum absolute atomic E-state index is 0.153. The fourth-order valence-corrected chi connectivity index (χ4v) is 5.27. The molecule has 3 aliphatic rings. The van der Waals surface area contributed by atoms with E-state index >= 15 is 0 Å². The molecule has 4 rings (SSSR count). The maximum atomic E-state index is 11.5. The van der Waals surface area contributed by atoms with Gasteiger partial charge in [-0.25, -0.2) is 0 Å². The molecule has 3 aliphatic heterocycles. The molecule has 0 bridgehead atoms. The Labute approximate surface area is 173 Å². The molecule has 0 aliphatic carbocycles. The van der Waals surface area contributed by atoms with Crippen LogP contribution in [0.25, 0.3) is 5.57 Å². The topological polar surface area (TPSA) is 54.4 Å². The van der Waals surface area contributed by atoms with Crippen LogP contribution in [-0.4, -0.2) is 66.8 Å². The number of rotatable bonds is 5. The average Bonchev–Trinajstić information content (AvgIpc) is 3.29. The van der Waals surface area contributed by atoms with Crippen molar-refractivity contribution in [3.8, 4) is 0 Å². The van der Waals surface area contributed by atoms with E-state index in [1.807, 2.05) is 10.1 Å². The van der Waals surface area contributed by atoms with Gasteiger partial charge in [-0.3, -0.25) is 4.84 Å². The quantitative estimate of drug-likeness (QED) is 0.810. The Morgan fingerprint density at radius 3 is 2.45 bits per heavy atom. The lowest BCUT2D eigenvalue weighted by Gasteiger charge is -2.43. The summed E-state index contributed by atoms with van der Waals surface area (Å²) in [6.07, 6.45) is 3.83. The van der Waals surface area contributed by atoms with Gasteiger partial charge in [-0.1, -0.05) is 17.7 Å². The molecule has 29 heavy (non-hydrogen) atoms. The van der Waals surface area contributed by atoms with Crippen molar-refractivity contribution in [1.82, 2.24) is 10.1 Å². The first kappa shape index (κ1) is 20.8. The van der Waals surface area contributed by atoms with Crippen molar-refractivity contribution >= 4 is 5.57 Å².